The molecule has 1 aliphatic rings. The van der Waals surface area contributed by atoms with Crippen molar-refractivity contribution in [1.82, 2.24) is 20.2 Å². The van der Waals surface area contributed by atoms with Gasteiger partial charge in [0, 0.05) is 12.6 Å². The summed E-state index contributed by atoms with van der Waals surface area (Å²) in [7, 11) is 0. The zero-order valence-electron chi connectivity index (χ0n) is 12.8. The van der Waals surface area contributed by atoms with Gasteiger partial charge >= 0.3 is 0 Å². The minimum Gasteiger partial charge on any atom is -0.366 e. The molecule has 6 nitrogen and oxygen atoms in total. The minimum atomic E-state index is 0.481. The monoisotopic (exact) mass is 288 g/mol. The van der Waals surface area contributed by atoms with Crippen molar-refractivity contribution in [2.45, 2.75) is 52.0 Å². The Kier molecular flexibility index (Phi) is 4.22. The van der Waals surface area contributed by atoms with Gasteiger partial charge in [0.15, 0.2) is 5.65 Å². The number of fused-ring (bicyclic) bond motifs is 1. The van der Waals surface area contributed by atoms with Crippen LogP contribution in [-0.2, 0) is 0 Å². The van der Waals surface area contributed by atoms with Gasteiger partial charge < -0.3 is 10.6 Å². The second-order valence-electron chi connectivity index (χ2n) is 5.92. The van der Waals surface area contributed by atoms with Crippen molar-refractivity contribution in [3.05, 3.63) is 6.20 Å². The van der Waals surface area contributed by atoms with E-state index in [0.717, 1.165) is 23.4 Å². The van der Waals surface area contributed by atoms with Crippen molar-refractivity contribution >= 4 is 22.8 Å². The number of hydrogen-bond donors (Lipinski definition) is 3. The molecule has 2 unspecified atom stereocenters. The summed E-state index contributed by atoms with van der Waals surface area (Å²) >= 11 is 0. The molecule has 1 aliphatic carbocycles. The fourth-order valence-corrected chi connectivity index (χ4v) is 3.07. The highest BCUT2D eigenvalue weighted by atomic mass is 15.2. The van der Waals surface area contributed by atoms with Crippen LogP contribution in [0.2, 0.25) is 0 Å². The molecule has 0 aliphatic heterocycles. The molecule has 21 heavy (non-hydrogen) atoms. The van der Waals surface area contributed by atoms with Gasteiger partial charge in [-0.1, -0.05) is 26.2 Å². The molecule has 1 saturated carbocycles. The normalized spacial score (nSPS) is 23.0. The Balaban J connectivity index is 1.89. The van der Waals surface area contributed by atoms with Gasteiger partial charge in [-0.3, -0.25) is 5.10 Å². The first-order valence-corrected chi connectivity index (χ1v) is 7.99. The first kappa shape index (κ1) is 14.1. The molecule has 2 aromatic rings. The molecule has 1 fully saturated rings. The summed E-state index contributed by atoms with van der Waals surface area (Å²) < 4.78 is 0. The van der Waals surface area contributed by atoms with E-state index in [4.69, 9.17) is 0 Å². The summed E-state index contributed by atoms with van der Waals surface area (Å²) in [4.78, 5) is 9.06. The Hall–Kier alpha value is -1.85. The largest absolute Gasteiger partial charge is 0.366 e. The van der Waals surface area contributed by atoms with Crippen LogP contribution in [0.5, 0.6) is 0 Å². The number of H-pyrrole nitrogens is 1. The molecule has 2 aromatic heterocycles. The lowest BCUT2D eigenvalue weighted by Crippen LogP contribution is -2.27. The summed E-state index contributed by atoms with van der Waals surface area (Å²) in [5.41, 5.74) is 0.782. The first-order valence-electron chi connectivity index (χ1n) is 7.99. The third-order valence-corrected chi connectivity index (χ3v) is 4.33. The Morgan fingerprint density at radius 1 is 1.24 bits per heavy atom. The molecule has 0 saturated heterocycles. The number of rotatable bonds is 4. The van der Waals surface area contributed by atoms with Crippen molar-refractivity contribution < 1.29 is 0 Å². The second kappa shape index (κ2) is 6.28. The van der Waals surface area contributed by atoms with Crippen LogP contribution in [0.25, 0.3) is 11.0 Å². The van der Waals surface area contributed by atoms with E-state index in [2.05, 4.69) is 37.7 Å². The maximum Gasteiger partial charge on any atom is 0.226 e. The molecule has 114 valence electrons. The van der Waals surface area contributed by atoms with Gasteiger partial charge in [-0.2, -0.15) is 15.1 Å². The van der Waals surface area contributed by atoms with Crippen LogP contribution in [0, 0.1) is 5.92 Å². The zero-order chi connectivity index (χ0) is 14.7. The van der Waals surface area contributed by atoms with E-state index in [9.17, 15) is 0 Å². The van der Waals surface area contributed by atoms with E-state index in [1.54, 1.807) is 6.20 Å². The van der Waals surface area contributed by atoms with Crippen LogP contribution < -0.4 is 10.6 Å². The average Bonchev–Trinajstić information content (AvgIpc) is 2.85. The lowest BCUT2D eigenvalue weighted by molar-refractivity contribution is 0.456. The van der Waals surface area contributed by atoms with Gasteiger partial charge in [0.2, 0.25) is 5.95 Å². The van der Waals surface area contributed by atoms with Crippen molar-refractivity contribution in [3.8, 4) is 0 Å². The van der Waals surface area contributed by atoms with E-state index in [0.29, 0.717) is 17.9 Å². The van der Waals surface area contributed by atoms with Crippen molar-refractivity contribution in [1.29, 1.82) is 0 Å². The molecule has 0 aromatic carbocycles. The number of nitrogens with zero attached hydrogens (tertiary/aromatic N) is 3. The second-order valence-corrected chi connectivity index (χ2v) is 5.92. The first-order chi connectivity index (χ1) is 10.3. The van der Waals surface area contributed by atoms with Gasteiger partial charge in [0.05, 0.1) is 11.6 Å². The molecule has 0 spiro atoms. The van der Waals surface area contributed by atoms with Crippen LogP contribution in [0.3, 0.4) is 0 Å². The summed E-state index contributed by atoms with van der Waals surface area (Å²) in [6.45, 7) is 5.18. The molecule has 0 bridgehead atoms. The van der Waals surface area contributed by atoms with Crippen LogP contribution in [-0.4, -0.2) is 32.8 Å². The molecule has 2 atom stereocenters. The summed E-state index contributed by atoms with van der Waals surface area (Å²) in [6, 6.07) is 0.481. The predicted octanol–water partition coefficient (Wildman–Crippen LogP) is 3.17. The summed E-state index contributed by atoms with van der Waals surface area (Å²) in [5, 5.41) is 14.8. The summed E-state index contributed by atoms with van der Waals surface area (Å²) in [6.07, 6.45) is 8.28. The van der Waals surface area contributed by atoms with Gasteiger partial charge in [0.1, 0.15) is 5.82 Å². The van der Waals surface area contributed by atoms with Crippen molar-refractivity contribution in [2.24, 2.45) is 5.92 Å². The highest BCUT2D eigenvalue weighted by Crippen LogP contribution is 2.28. The standard InChI is InChI=1S/C15H24N6/c1-3-16-15-19-13(11-9-17-21-14(11)20-15)18-12-8-6-4-5-7-10(12)2/h9-10,12H,3-8H2,1-2H3,(H3,16,17,18,19,20,21). The Labute approximate surface area is 125 Å². The molecular weight excluding hydrogens is 264 g/mol. The quantitative estimate of drug-likeness (QED) is 0.753. The van der Waals surface area contributed by atoms with Crippen LogP contribution in [0.1, 0.15) is 46.0 Å². The maximum atomic E-state index is 4.63. The molecule has 0 radical (unpaired) electrons. The minimum absolute atomic E-state index is 0.481. The van der Waals surface area contributed by atoms with Gasteiger partial charge in [-0.15, -0.1) is 0 Å². The van der Waals surface area contributed by atoms with E-state index < -0.39 is 0 Å². The number of hydrogen-bond acceptors (Lipinski definition) is 5. The van der Waals surface area contributed by atoms with Gasteiger partial charge in [0.25, 0.3) is 0 Å². The summed E-state index contributed by atoms with van der Waals surface area (Å²) in [5.74, 6) is 2.22. The lowest BCUT2D eigenvalue weighted by Gasteiger charge is -2.23. The van der Waals surface area contributed by atoms with Gasteiger partial charge in [-0.05, 0) is 25.7 Å². The van der Waals surface area contributed by atoms with E-state index >= 15 is 0 Å². The Morgan fingerprint density at radius 2 is 2.10 bits per heavy atom. The molecule has 3 rings (SSSR count). The number of anilines is 2. The van der Waals surface area contributed by atoms with E-state index in [1.165, 1.54) is 32.1 Å². The fraction of sp³-hybridized carbons (Fsp3) is 0.667. The molecule has 6 heteroatoms. The van der Waals surface area contributed by atoms with Crippen molar-refractivity contribution in [2.75, 3.05) is 17.2 Å². The highest BCUT2D eigenvalue weighted by Gasteiger charge is 2.21. The van der Waals surface area contributed by atoms with Crippen LogP contribution in [0.15, 0.2) is 6.20 Å². The molecule has 2 heterocycles. The SMILES string of the molecule is CCNc1nc(NC2CCCCCC2C)c2cn[nH]c2n1. The van der Waals surface area contributed by atoms with E-state index in [1.807, 2.05) is 6.92 Å². The molecule has 0 amide bonds. The van der Waals surface area contributed by atoms with Gasteiger partial charge in [-0.25, -0.2) is 0 Å². The number of aromatic nitrogens is 4. The predicted molar refractivity (Wildman–Crippen MR) is 85.5 cm³/mol. The number of aromatic amines is 1. The van der Waals surface area contributed by atoms with Crippen molar-refractivity contribution in [3.63, 3.8) is 0 Å². The van der Waals surface area contributed by atoms with Crippen LogP contribution in [0.4, 0.5) is 11.8 Å². The lowest BCUT2D eigenvalue weighted by atomic mass is 9.97. The highest BCUT2D eigenvalue weighted by molar-refractivity contribution is 5.87. The number of nitrogens with one attached hydrogen (secondary N) is 3. The zero-order valence-corrected chi connectivity index (χ0v) is 12.8. The van der Waals surface area contributed by atoms with Crippen LogP contribution >= 0.6 is 0 Å². The maximum absolute atomic E-state index is 4.63. The van der Waals surface area contributed by atoms with E-state index in [-0.39, 0.29) is 0 Å². The fourth-order valence-electron chi connectivity index (χ4n) is 3.07. The Bertz CT molecular complexity index is 593. The topological polar surface area (TPSA) is 78.5 Å². The Morgan fingerprint density at radius 3 is 2.95 bits per heavy atom. The third-order valence-electron chi connectivity index (χ3n) is 4.33. The average molecular weight is 288 g/mol. The molecule has 3 N–H and O–H groups in total. The smallest absolute Gasteiger partial charge is 0.226 e. The molecular formula is C15H24N6. The third kappa shape index (κ3) is 3.09.